The van der Waals surface area contributed by atoms with Crippen LogP contribution in [0.4, 0.5) is 19.0 Å². The molecule has 0 atom stereocenters. The van der Waals surface area contributed by atoms with E-state index in [4.69, 9.17) is 0 Å². The van der Waals surface area contributed by atoms with Crippen molar-refractivity contribution in [3.63, 3.8) is 0 Å². The smallest absolute Gasteiger partial charge is 0.369 e. The fourth-order valence-electron chi connectivity index (χ4n) is 1.47. The van der Waals surface area contributed by atoms with E-state index in [0.29, 0.717) is 0 Å². The van der Waals surface area contributed by atoms with Gasteiger partial charge in [-0.2, -0.15) is 13.2 Å². The lowest BCUT2D eigenvalue weighted by Crippen LogP contribution is -2.17. The maximum atomic E-state index is 12.5. The van der Waals surface area contributed by atoms with Gasteiger partial charge in [0, 0.05) is 14.1 Å². The minimum atomic E-state index is -4.34. The Labute approximate surface area is 106 Å². The summed E-state index contributed by atoms with van der Waals surface area (Å²) in [5.41, 5.74) is 0.350. The zero-order valence-corrected chi connectivity index (χ0v) is 10.3. The van der Waals surface area contributed by atoms with Crippen LogP contribution in [0.3, 0.4) is 0 Å². The zero-order chi connectivity index (χ0) is 14.0. The van der Waals surface area contributed by atoms with Crippen LogP contribution in [0.2, 0.25) is 0 Å². The highest BCUT2D eigenvalue weighted by Gasteiger charge is 2.29. The molecule has 0 fully saturated rings. The molecule has 0 bridgehead atoms. The lowest BCUT2D eigenvalue weighted by Gasteiger charge is -2.08. The molecule has 0 amide bonds. The maximum absolute atomic E-state index is 12.5. The van der Waals surface area contributed by atoms with E-state index in [9.17, 15) is 13.2 Å². The normalized spacial score (nSPS) is 12.5. The van der Waals surface area contributed by atoms with Crippen LogP contribution in [-0.2, 0) is 6.54 Å². The predicted molar refractivity (Wildman–Crippen MR) is 63.2 cm³/mol. The molecule has 0 radical (unpaired) electrons. The molecule has 102 valence electrons. The fraction of sp³-hybridized carbons (Fsp3) is 0.400. The topological polar surface area (TPSA) is 59.2 Å². The highest BCUT2D eigenvalue weighted by Crippen LogP contribution is 2.25. The molecule has 0 N–H and O–H groups in total. The summed E-state index contributed by atoms with van der Waals surface area (Å²) < 4.78 is 38.3. The maximum Gasteiger partial charge on any atom is 0.406 e. The molecule has 0 aliphatic carbocycles. The Morgan fingerprint density at radius 3 is 2.68 bits per heavy atom. The van der Waals surface area contributed by atoms with E-state index in [2.05, 4.69) is 19.9 Å². The van der Waals surface area contributed by atoms with Crippen LogP contribution in [-0.4, -0.2) is 51.0 Å². The molecule has 0 saturated carbocycles. The molecule has 0 unspecified atom stereocenters. The molecule has 19 heavy (non-hydrogen) atoms. The van der Waals surface area contributed by atoms with E-state index in [1.165, 1.54) is 12.7 Å². The first-order chi connectivity index (χ1) is 8.87. The molecule has 0 aliphatic rings. The quantitative estimate of drug-likeness (QED) is 0.629. The van der Waals surface area contributed by atoms with Crippen molar-refractivity contribution >= 4 is 23.3 Å². The second-order valence-electron chi connectivity index (χ2n) is 4.07. The highest BCUT2D eigenvalue weighted by molar-refractivity contribution is 5.83. The number of hydrogen-bond acceptors (Lipinski definition) is 4. The number of alkyl halides is 3. The van der Waals surface area contributed by atoms with Gasteiger partial charge in [-0.05, 0) is 0 Å². The number of rotatable bonds is 3. The van der Waals surface area contributed by atoms with Gasteiger partial charge < -0.3 is 9.47 Å². The van der Waals surface area contributed by atoms with Crippen LogP contribution in [0.5, 0.6) is 0 Å². The summed E-state index contributed by atoms with van der Waals surface area (Å²) in [6, 6.07) is 0. The minimum Gasteiger partial charge on any atom is -0.369 e. The molecule has 0 saturated heterocycles. The third kappa shape index (κ3) is 3.18. The van der Waals surface area contributed by atoms with Crippen molar-refractivity contribution in [3.05, 3.63) is 12.7 Å². The van der Waals surface area contributed by atoms with Gasteiger partial charge in [0.25, 0.3) is 0 Å². The largest absolute Gasteiger partial charge is 0.406 e. The van der Waals surface area contributed by atoms with Gasteiger partial charge in [-0.1, -0.05) is 0 Å². The summed E-state index contributed by atoms with van der Waals surface area (Å²) in [4.78, 5) is 17.2. The van der Waals surface area contributed by atoms with Crippen molar-refractivity contribution in [3.8, 4) is 0 Å². The van der Waals surface area contributed by atoms with E-state index in [1.54, 1.807) is 19.0 Å². The van der Waals surface area contributed by atoms with E-state index >= 15 is 0 Å². The van der Waals surface area contributed by atoms with Crippen LogP contribution in [0.15, 0.2) is 17.6 Å². The molecule has 2 heterocycles. The van der Waals surface area contributed by atoms with Gasteiger partial charge in [-0.3, -0.25) is 0 Å². The highest BCUT2D eigenvalue weighted by atomic mass is 19.4. The van der Waals surface area contributed by atoms with Crippen LogP contribution in [0.1, 0.15) is 0 Å². The van der Waals surface area contributed by atoms with Crippen molar-refractivity contribution in [1.82, 2.24) is 24.4 Å². The van der Waals surface area contributed by atoms with Crippen LogP contribution < -0.4 is 0 Å². The molecule has 0 aromatic carbocycles. The summed E-state index contributed by atoms with van der Waals surface area (Å²) in [7, 11) is 3.49. The molecule has 2 rings (SSSR count). The van der Waals surface area contributed by atoms with Gasteiger partial charge in [0.2, 0.25) is 0 Å². The summed E-state index contributed by atoms with van der Waals surface area (Å²) in [5, 5.41) is 0. The van der Waals surface area contributed by atoms with E-state index in [0.717, 1.165) is 10.9 Å². The average molecular weight is 272 g/mol. The molecular formula is C10H11F3N6. The van der Waals surface area contributed by atoms with E-state index in [-0.39, 0.29) is 17.0 Å². The first-order valence-electron chi connectivity index (χ1n) is 5.30. The third-order valence-corrected chi connectivity index (χ3v) is 2.15. The second kappa shape index (κ2) is 4.82. The van der Waals surface area contributed by atoms with Gasteiger partial charge in [0.05, 0.1) is 12.7 Å². The summed E-state index contributed by atoms with van der Waals surface area (Å²) >= 11 is 0. The first-order valence-corrected chi connectivity index (χ1v) is 5.30. The Kier molecular flexibility index (Phi) is 3.36. The number of nitrogens with zero attached hydrogens (tertiary/aromatic N) is 6. The van der Waals surface area contributed by atoms with Gasteiger partial charge in [0.1, 0.15) is 18.4 Å². The number of aliphatic imine (C=N–C) groups is 1. The molecular weight excluding hydrogens is 261 g/mol. The Morgan fingerprint density at radius 2 is 2.05 bits per heavy atom. The Balaban J connectivity index is 2.49. The van der Waals surface area contributed by atoms with Gasteiger partial charge >= 0.3 is 6.18 Å². The van der Waals surface area contributed by atoms with Crippen molar-refractivity contribution in [1.29, 1.82) is 0 Å². The van der Waals surface area contributed by atoms with Crippen molar-refractivity contribution in [2.24, 2.45) is 4.99 Å². The first kappa shape index (κ1) is 13.2. The van der Waals surface area contributed by atoms with Gasteiger partial charge in [-0.25, -0.2) is 19.9 Å². The predicted octanol–water partition coefficient (Wildman–Crippen LogP) is 1.61. The van der Waals surface area contributed by atoms with E-state index in [1.807, 2.05) is 0 Å². The monoisotopic (exact) mass is 272 g/mol. The summed E-state index contributed by atoms with van der Waals surface area (Å²) in [6.07, 6.45) is -0.587. The lowest BCUT2D eigenvalue weighted by molar-refractivity contribution is -0.139. The van der Waals surface area contributed by atoms with Crippen molar-refractivity contribution in [2.45, 2.75) is 12.7 Å². The van der Waals surface area contributed by atoms with Crippen LogP contribution in [0, 0.1) is 0 Å². The van der Waals surface area contributed by atoms with Crippen molar-refractivity contribution < 1.29 is 13.2 Å². The standard InChI is InChI=1S/C10H11F3N6/c1-18(2)5-16-8-7-9(15-4-14-8)17-6-19(7)3-10(11,12)13/h4-6H,3H2,1-2H3. The second-order valence-corrected chi connectivity index (χ2v) is 4.07. The van der Waals surface area contributed by atoms with E-state index < -0.39 is 12.7 Å². The summed E-state index contributed by atoms with van der Waals surface area (Å²) in [5.74, 6) is 0.153. The van der Waals surface area contributed by atoms with Crippen LogP contribution >= 0.6 is 0 Å². The SMILES string of the molecule is CN(C)C=Nc1ncnc2ncn(CC(F)(F)F)c12. The molecule has 0 spiro atoms. The molecule has 9 heteroatoms. The van der Waals surface area contributed by atoms with Gasteiger partial charge in [0.15, 0.2) is 11.5 Å². The molecule has 2 aromatic rings. The van der Waals surface area contributed by atoms with Crippen LogP contribution in [0.25, 0.3) is 11.2 Å². The molecule has 0 aliphatic heterocycles. The number of hydrogen-bond donors (Lipinski definition) is 0. The Hall–Kier alpha value is -2.19. The fourth-order valence-corrected chi connectivity index (χ4v) is 1.47. The molecule has 6 nitrogen and oxygen atoms in total. The number of imidazole rings is 1. The average Bonchev–Trinajstić information content (AvgIpc) is 2.68. The Morgan fingerprint density at radius 1 is 1.32 bits per heavy atom. The third-order valence-electron chi connectivity index (χ3n) is 2.15. The lowest BCUT2D eigenvalue weighted by atomic mass is 10.4. The Bertz CT molecular complexity index is 601. The number of halogens is 3. The summed E-state index contributed by atoms with van der Waals surface area (Å²) in [6.45, 7) is -1.15. The number of fused-ring (bicyclic) bond motifs is 1. The number of aromatic nitrogens is 4. The van der Waals surface area contributed by atoms with Gasteiger partial charge in [-0.15, -0.1) is 0 Å². The van der Waals surface area contributed by atoms with Crippen molar-refractivity contribution in [2.75, 3.05) is 14.1 Å². The molecule has 2 aromatic heterocycles. The minimum absolute atomic E-state index is 0.153. The zero-order valence-electron chi connectivity index (χ0n) is 10.3.